The first-order valence-electron chi connectivity index (χ1n) is 11.3. The van der Waals surface area contributed by atoms with Gasteiger partial charge in [0, 0.05) is 31.9 Å². The summed E-state index contributed by atoms with van der Waals surface area (Å²) in [5, 5.41) is 6.56. The molecule has 9 heteroatoms. The van der Waals surface area contributed by atoms with E-state index in [2.05, 4.69) is 15.6 Å². The van der Waals surface area contributed by atoms with E-state index in [4.69, 9.17) is 13.9 Å². The number of anilines is 1. The van der Waals surface area contributed by atoms with Crippen LogP contribution in [0.3, 0.4) is 0 Å². The van der Waals surface area contributed by atoms with Crippen LogP contribution in [-0.2, 0) is 16.1 Å². The minimum absolute atomic E-state index is 0. The fraction of sp³-hybridized carbons (Fsp3) is 0.500. The highest BCUT2D eigenvalue weighted by Gasteiger charge is 2.17. The smallest absolute Gasteiger partial charge is 0.244 e. The molecule has 0 bridgehead atoms. The summed E-state index contributed by atoms with van der Waals surface area (Å²) in [6.07, 6.45) is 4.70. The van der Waals surface area contributed by atoms with Crippen LogP contribution in [0.5, 0.6) is 5.75 Å². The van der Waals surface area contributed by atoms with E-state index < -0.39 is 0 Å². The summed E-state index contributed by atoms with van der Waals surface area (Å²) in [5.74, 6) is 2.26. The molecule has 0 aliphatic carbocycles. The average molecular weight is 570 g/mol. The number of hydrogen-bond donors (Lipinski definition) is 2. The van der Waals surface area contributed by atoms with Crippen LogP contribution in [0, 0.1) is 0 Å². The van der Waals surface area contributed by atoms with Crippen molar-refractivity contribution < 1.29 is 18.7 Å². The number of nitrogens with one attached hydrogen (secondary N) is 2. The highest BCUT2D eigenvalue weighted by molar-refractivity contribution is 14.0. The number of amides is 1. The molecule has 1 aliphatic rings. The van der Waals surface area contributed by atoms with Crippen LogP contribution in [0.25, 0.3) is 0 Å². The summed E-state index contributed by atoms with van der Waals surface area (Å²) in [4.78, 5) is 18.8. The summed E-state index contributed by atoms with van der Waals surface area (Å²) < 4.78 is 16.6. The molecule has 8 nitrogen and oxygen atoms in total. The Hall–Kier alpha value is -2.27. The van der Waals surface area contributed by atoms with Crippen molar-refractivity contribution in [1.82, 2.24) is 10.2 Å². The van der Waals surface area contributed by atoms with E-state index in [1.54, 1.807) is 6.26 Å². The number of guanidine groups is 1. The molecule has 3 rings (SSSR count). The first-order valence-corrected chi connectivity index (χ1v) is 11.3. The number of nitrogens with zero attached hydrogens (tertiary/aromatic N) is 2. The second kappa shape index (κ2) is 14.8. The summed E-state index contributed by atoms with van der Waals surface area (Å²) in [7, 11) is 0. The number of carbonyl (C=O) groups is 1. The largest absolute Gasteiger partial charge is 0.491 e. The van der Waals surface area contributed by atoms with Crippen molar-refractivity contribution in [2.24, 2.45) is 4.99 Å². The van der Waals surface area contributed by atoms with Gasteiger partial charge in [-0.25, -0.2) is 4.99 Å². The lowest BCUT2D eigenvalue weighted by atomic mass is 10.3. The van der Waals surface area contributed by atoms with Crippen molar-refractivity contribution in [3.8, 4) is 5.75 Å². The fourth-order valence-corrected chi connectivity index (χ4v) is 3.33. The van der Waals surface area contributed by atoms with Crippen LogP contribution < -0.4 is 15.4 Å². The average Bonchev–Trinajstić information content (AvgIpc) is 3.49. The maximum absolute atomic E-state index is 12.4. The molecule has 2 aromatic rings. The van der Waals surface area contributed by atoms with Gasteiger partial charge in [-0.2, -0.15) is 0 Å². The Bertz CT molecular complexity index is 835. The summed E-state index contributed by atoms with van der Waals surface area (Å²) in [6, 6.07) is 11.4. The third-order valence-corrected chi connectivity index (χ3v) is 4.90. The molecule has 1 fully saturated rings. The van der Waals surface area contributed by atoms with Gasteiger partial charge in [0.05, 0.1) is 12.4 Å². The summed E-state index contributed by atoms with van der Waals surface area (Å²) >= 11 is 0. The highest BCUT2D eigenvalue weighted by atomic mass is 127. The minimum atomic E-state index is 0. The van der Waals surface area contributed by atoms with Crippen LogP contribution in [0.2, 0.25) is 0 Å². The lowest BCUT2D eigenvalue weighted by molar-refractivity contribution is -0.128. The third kappa shape index (κ3) is 10.0. The van der Waals surface area contributed by atoms with Crippen LogP contribution in [0.4, 0.5) is 5.69 Å². The SMILES string of the molecule is CC(C)Oc1ccc(NC(=NCC(=O)N2CCCC2)NCCCOCc2ccco2)cc1.I. The summed E-state index contributed by atoms with van der Waals surface area (Å²) in [6.45, 7) is 7.49. The number of halogens is 1. The van der Waals surface area contributed by atoms with Gasteiger partial charge in [0.15, 0.2) is 5.96 Å². The van der Waals surface area contributed by atoms with E-state index in [1.807, 2.05) is 55.1 Å². The van der Waals surface area contributed by atoms with E-state index in [0.29, 0.717) is 25.7 Å². The molecule has 0 unspecified atom stereocenters. The molecule has 1 aromatic carbocycles. The Morgan fingerprint density at radius 3 is 2.61 bits per heavy atom. The Morgan fingerprint density at radius 1 is 1.18 bits per heavy atom. The Labute approximate surface area is 213 Å². The standard InChI is InChI=1S/C24H34N4O4.HI/c1-19(2)32-21-10-8-20(9-11-21)27-24(26-17-23(29)28-13-3-4-14-28)25-12-6-15-30-18-22-7-5-16-31-22;/h5,7-11,16,19H,3-4,6,12-15,17-18H2,1-2H3,(H2,25,26,27);1H. The lowest BCUT2D eigenvalue weighted by Gasteiger charge is -2.16. The zero-order valence-corrected chi connectivity index (χ0v) is 21.7. The number of hydrogen-bond acceptors (Lipinski definition) is 5. The molecule has 0 spiro atoms. The van der Waals surface area contributed by atoms with Crippen molar-refractivity contribution in [2.45, 2.75) is 45.8 Å². The Kier molecular flexibility index (Phi) is 12.1. The number of furan rings is 1. The molecule has 2 N–H and O–H groups in total. The number of benzene rings is 1. The first kappa shape index (κ1) is 27.0. The maximum atomic E-state index is 12.4. The highest BCUT2D eigenvalue weighted by Crippen LogP contribution is 2.17. The molecule has 1 saturated heterocycles. The molecule has 33 heavy (non-hydrogen) atoms. The topological polar surface area (TPSA) is 88.3 Å². The molecule has 1 amide bonds. The normalized spacial score (nSPS) is 13.7. The zero-order valence-electron chi connectivity index (χ0n) is 19.4. The molecule has 2 heterocycles. The predicted molar refractivity (Wildman–Crippen MR) is 140 cm³/mol. The van der Waals surface area contributed by atoms with Crippen LogP contribution >= 0.6 is 24.0 Å². The van der Waals surface area contributed by atoms with Crippen LogP contribution in [0.1, 0.15) is 38.9 Å². The Morgan fingerprint density at radius 2 is 1.94 bits per heavy atom. The molecule has 0 radical (unpaired) electrons. The van der Waals surface area contributed by atoms with E-state index in [-0.39, 0.29) is 42.5 Å². The number of likely N-dealkylation sites (tertiary alicyclic amines) is 1. The zero-order chi connectivity index (χ0) is 22.6. The summed E-state index contributed by atoms with van der Waals surface area (Å²) in [5.41, 5.74) is 0.870. The van der Waals surface area contributed by atoms with Gasteiger partial charge >= 0.3 is 0 Å². The number of rotatable bonds is 11. The van der Waals surface area contributed by atoms with Gasteiger partial charge in [0.2, 0.25) is 5.91 Å². The van der Waals surface area contributed by atoms with Crippen molar-refractivity contribution in [3.63, 3.8) is 0 Å². The molecule has 1 aliphatic heterocycles. The number of ether oxygens (including phenoxy) is 2. The van der Waals surface area contributed by atoms with E-state index in [9.17, 15) is 4.79 Å². The molecule has 0 atom stereocenters. The van der Waals surface area contributed by atoms with Crippen molar-refractivity contribution in [1.29, 1.82) is 0 Å². The first-order chi connectivity index (χ1) is 15.6. The number of aliphatic imine (C=N–C) groups is 1. The monoisotopic (exact) mass is 570 g/mol. The molecular weight excluding hydrogens is 535 g/mol. The van der Waals surface area contributed by atoms with Gasteiger partial charge in [-0.1, -0.05) is 0 Å². The molecule has 182 valence electrons. The van der Waals surface area contributed by atoms with E-state index >= 15 is 0 Å². The van der Waals surface area contributed by atoms with Crippen LogP contribution in [0.15, 0.2) is 52.1 Å². The van der Waals surface area contributed by atoms with Gasteiger partial charge in [-0.05, 0) is 69.5 Å². The predicted octanol–water partition coefficient (Wildman–Crippen LogP) is 4.27. The van der Waals surface area contributed by atoms with Crippen molar-refractivity contribution >= 4 is 41.5 Å². The van der Waals surface area contributed by atoms with Crippen molar-refractivity contribution in [3.05, 3.63) is 48.4 Å². The number of carbonyl (C=O) groups excluding carboxylic acids is 1. The van der Waals surface area contributed by atoms with Gasteiger partial charge in [0.25, 0.3) is 0 Å². The van der Waals surface area contributed by atoms with Gasteiger partial charge in [-0.15, -0.1) is 24.0 Å². The minimum Gasteiger partial charge on any atom is -0.491 e. The van der Waals surface area contributed by atoms with Gasteiger partial charge < -0.3 is 29.4 Å². The van der Waals surface area contributed by atoms with Gasteiger partial charge in [0.1, 0.15) is 24.7 Å². The lowest BCUT2D eigenvalue weighted by Crippen LogP contribution is -2.35. The third-order valence-electron chi connectivity index (χ3n) is 4.90. The van der Waals surface area contributed by atoms with E-state index in [0.717, 1.165) is 49.5 Å². The Balaban J connectivity index is 0.00000385. The fourth-order valence-electron chi connectivity index (χ4n) is 3.33. The molecular formula is C24H35IN4O4. The van der Waals surface area contributed by atoms with Crippen LogP contribution in [-0.4, -0.2) is 55.7 Å². The maximum Gasteiger partial charge on any atom is 0.244 e. The van der Waals surface area contributed by atoms with Crippen molar-refractivity contribution in [2.75, 3.05) is 38.1 Å². The van der Waals surface area contributed by atoms with E-state index in [1.165, 1.54) is 0 Å². The van der Waals surface area contributed by atoms with Gasteiger partial charge in [-0.3, -0.25) is 4.79 Å². The molecule has 1 aromatic heterocycles. The molecule has 0 saturated carbocycles. The quantitative estimate of drug-likeness (QED) is 0.182. The second-order valence-electron chi connectivity index (χ2n) is 7.98. The second-order valence-corrected chi connectivity index (χ2v) is 7.98.